The summed E-state index contributed by atoms with van der Waals surface area (Å²) in [5.74, 6) is 6.82. The van der Waals surface area contributed by atoms with Gasteiger partial charge in [0.1, 0.15) is 29.3 Å². The highest BCUT2D eigenvalue weighted by Crippen LogP contribution is 2.46. The number of nitrogens with zero attached hydrogens (tertiary/aromatic N) is 2. The van der Waals surface area contributed by atoms with Crippen molar-refractivity contribution >= 4 is 51.9 Å². The molecule has 2 aromatic heterocycles. The van der Waals surface area contributed by atoms with Crippen molar-refractivity contribution in [1.29, 1.82) is 0 Å². The van der Waals surface area contributed by atoms with Crippen LogP contribution in [0.4, 0.5) is 0 Å². The highest BCUT2D eigenvalue weighted by Gasteiger charge is 2.33. The quantitative estimate of drug-likeness (QED) is 0.198. The first-order valence-electron chi connectivity index (χ1n) is 12.3. The summed E-state index contributed by atoms with van der Waals surface area (Å²) in [6.07, 6.45) is 2.04. The van der Waals surface area contributed by atoms with Crippen LogP contribution >= 0.6 is 34.8 Å². The Kier molecular flexibility index (Phi) is 6.93. The van der Waals surface area contributed by atoms with Gasteiger partial charge in [0.15, 0.2) is 11.5 Å². The van der Waals surface area contributed by atoms with Crippen LogP contribution in [-0.2, 0) is 6.61 Å². The number of fused-ring (bicyclic) bond motifs is 1. The first-order chi connectivity index (χ1) is 19.3. The number of hydrogen-bond donors (Lipinski definition) is 1. The zero-order chi connectivity index (χ0) is 28.0. The van der Waals surface area contributed by atoms with E-state index in [4.69, 9.17) is 48.5 Å². The number of rotatable bonds is 6. The lowest BCUT2D eigenvalue weighted by molar-refractivity contribution is 0.0698. The van der Waals surface area contributed by atoms with E-state index >= 15 is 0 Å². The highest BCUT2D eigenvalue weighted by atomic mass is 35.5. The van der Waals surface area contributed by atoms with Crippen LogP contribution < -0.4 is 4.74 Å². The van der Waals surface area contributed by atoms with Crippen molar-refractivity contribution in [1.82, 2.24) is 10.1 Å². The summed E-state index contributed by atoms with van der Waals surface area (Å²) in [6, 6.07) is 13.6. The van der Waals surface area contributed by atoms with E-state index in [0.29, 0.717) is 60.6 Å². The Hall–Kier alpha value is -3.96. The minimum absolute atomic E-state index is 0.0187. The van der Waals surface area contributed by atoms with E-state index in [-0.39, 0.29) is 17.7 Å². The number of aromatic nitrogens is 2. The molecule has 200 valence electrons. The summed E-state index contributed by atoms with van der Waals surface area (Å²) in [7, 11) is 0. The molecule has 0 atom stereocenters. The molecular formula is C30H19Cl3N2O5. The molecule has 40 heavy (non-hydrogen) atoms. The largest absolute Gasteiger partial charge is 0.489 e. The fourth-order valence-corrected chi connectivity index (χ4v) is 5.20. The topological polar surface area (TPSA) is 98.6 Å². The summed E-state index contributed by atoms with van der Waals surface area (Å²) in [5.41, 5.74) is 3.63. The van der Waals surface area contributed by atoms with E-state index in [0.717, 1.165) is 24.2 Å². The smallest absolute Gasteiger partial charge is 0.338 e. The van der Waals surface area contributed by atoms with E-state index in [1.807, 2.05) is 0 Å². The minimum atomic E-state index is -1.11. The van der Waals surface area contributed by atoms with Gasteiger partial charge in [-0.2, -0.15) is 0 Å². The summed E-state index contributed by atoms with van der Waals surface area (Å²) in [4.78, 5) is 15.8. The molecule has 2 heterocycles. The Bertz CT molecular complexity index is 1840. The molecule has 5 aromatic rings. The molecule has 0 saturated heterocycles. The molecule has 7 nitrogen and oxygen atoms in total. The molecule has 1 fully saturated rings. The van der Waals surface area contributed by atoms with E-state index in [1.165, 1.54) is 6.07 Å². The summed E-state index contributed by atoms with van der Waals surface area (Å²) >= 11 is 19.4. The molecular weight excluding hydrogens is 575 g/mol. The van der Waals surface area contributed by atoms with Crippen LogP contribution in [0.1, 0.15) is 57.5 Å². The van der Waals surface area contributed by atoms with Gasteiger partial charge in [-0.1, -0.05) is 57.9 Å². The van der Waals surface area contributed by atoms with Gasteiger partial charge < -0.3 is 18.8 Å². The van der Waals surface area contributed by atoms with Crippen molar-refractivity contribution in [2.45, 2.75) is 32.3 Å². The van der Waals surface area contributed by atoms with Gasteiger partial charge in [-0.3, -0.25) is 0 Å². The van der Waals surface area contributed by atoms with Gasteiger partial charge in [-0.05, 0) is 49.2 Å². The Labute approximate surface area is 243 Å². The SMILES string of the molecule is Cc1nc2c(C(=O)O)cc(C#Cc3ccc(OCc4c(-c5c(Cl)cccc5Cl)noc4C4CC4)cc3Cl)cc2o1. The van der Waals surface area contributed by atoms with Crippen molar-refractivity contribution in [2.75, 3.05) is 0 Å². The van der Waals surface area contributed by atoms with Crippen molar-refractivity contribution in [3.8, 4) is 28.8 Å². The van der Waals surface area contributed by atoms with E-state index in [2.05, 4.69) is 22.0 Å². The van der Waals surface area contributed by atoms with Crippen molar-refractivity contribution in [3.05, 3.63) is 97.5 Å². The maximum Gasteiger partial charge on any atom is 0.338 e. The highest BCUT2D eigenvalue weighted by molar-refractivity contribution is 6.39. The number of ether oxygens (including phenoxy) is 1. The number of hydrogen-bond acceptors (Lipinski definition) is 6. The zero-order valence-electron chi connectivity index (χ0n) is 20.9. The zero-order valence-corrected chi connectivity index (χ0v) is 23.2. The fraction of sp³-hybridized carbons (Fsp3) is 0.167. The lowest BCUT2D eigenvalue weighted by Gasteiger charge is -2.10. The van der Waals surface area contributed by atoms with Gasteiger partial charge >= 0.3 is 5.97 Å². The number of aromatic carboxylic acids is 1. The second-order valence-electron chi connectivity index (χ2n) is 9.33. The summed E-state index contributed by atoms with van der Waals surface area (Å²) < 4.78 is 17.3. The summed E-state index contributed by atoms with van der Waals surface area (Å²) in [5, 5.41) is 15.2. The first kappa shape index (κ1) is 26.3. The average molecular weight is 594 g/mol. The molecule has 0 amide bonds. The molecule has 0 bridgehead atoms. The van der Waals surface area contributed by atoms with Gasteiger partial charge in [0.25, 0.3) is 0 Å². The molecule has 1 N–H and O–H groups in total. The molecule has 1 aliphatic rings. The van der Waals surface area contributed by atoms with Crippen LogP contribution in [0, 0.1) is 18.8 Å². The molecule has 1 aliphatic carbocycles. The Balaban J connectivity index is 1.25. The van der Waals surface area contributed by atoms with Crippen LogP contribution in [0.5, 0.6) is 5.75 Å². The van der Waals surface area contributed by atoms with Gasteiger partial charge in [0, 0.05) is 35.6 Å². The third kappa shape index (κ3) is 5.14. The maximum atomic E-state index is 11.7. The minimum Gasteiger partial charge on any atom is -0.489 e. The van der Waals surface area contributed by atoms with Gasteiger partial charge in [-0.15, -0.1) is 0 Å². The number of oxazole rings is 1. The molecule has 10 heteroatoms. The number of benzene rings is 3. The number of carboxylic acids is 1. The van der Waals surface area contributed by atoms with Gasteiger partial charge in [0.2, 0.25) is 0 Å². The first-order valence-corrected chi connectivity index (χ1v) is 13.4. The molecule has 6 rings (SSSR count). The molecule has 0 spiro atoms. The van der Waals surface area contributed by atoms with Crippen molar-refractivity contribution < 1.29 is 23.6 Å². The molecule has 0 aliphatic heterocycles. The van der Waals surface area contributed by atoms with E-state index in [9.17, 15) is 9.90 Å². The standard InChI is InChI=1S/C30H19Cl3N2O5/c1-15-34-27-20(30(36)37)11-16(12-25(27)39-15)5-6-17-9-10-19(13-24(17)33)38-14-21-28(35-40-29(21)18-7-8-18)26-22(31)3-2-4-23(26)32/h2-4,9-13,18H,7-8,14H2,1H3,(H,36,37). The number of carbonyl (C=O) groups is 1. The summed E-state index contributed by atoms with van der Waals surface area (Å²) in [6.45, 7) is 1.84. The van der Waals surface area contributed by atoms with Crippen LogP contribution in [0.25, 0.3) is 22.4 Å². The lowest BCUT2D eigenvalue weighted by Crippen LogP contribution is -2.00. The van der Waals surface area contributed by atoms with E-state index < -0.39 is 5.97 Å². The van der Waals surface area contributed by atoms with Crippen molar-refractivity contribution in [3.63, 3.8) is 0 Å². The van der Waals surface area contributed by atoms with Crippen LogP contribution in [0.15, 0.2) is 57.5 Å². The Morgan fingerprint density at radius 2 is 1.85 bits per heavy atom. The monoisotopic (exact) mass is 592 g/mol. The van der Waals surface area contributed by atoms with Gasteiger partial charge in [0.05, 0.1) is 26.2 Å². The maximum absolute atomic E-state index is 11.7. The third-order valence-electron chi connectivity index (χ3n) is 6.46. The molecule has 0 unspecified atom stereocenters. The number of aryl methyl sites for hydroxylation is 1. The fourth-order valence-electron chi connectivity index (χ4n) is 4.41. The van der Waals surface area contributed by atoms with Gasteiger partial charge in [-0.25, -0.2) is 9.78 Å². The van der Waals surface area contributed by atoms with Crippen LogP contribution in [0.3, 0.4) is 0 Å². The number of carboxylic acid groups (broad SMARTS) is 1. The molecule has 0 radical (unpaired) electrons. The average Bonchev–Trinajstić information content (AvgIpc) is 3.56. The predicted octanol–water partition coefficient (Wildman–Crippen LogP) is 8.31. The van der Waals surface area contributed by atoms with Crippen molar-refractivity contribution in [2.24, 2.45) is 0 Å². The molecule has 1 saturated carbocycles. The van der Waals surface area contributed by atoms with E-state index in [1.54, 1.807) is 49.4 Å². The molecule has 3 aromatic carbocycles. The van der Waals surface area contributed by atoms with Crippen LogP contribution in [-0.4, -0.2) is 21.2 Å². The Morgan fingerprint density at radius 1 is 1.07 bits per heavy atom. The predicted molar refractivity (Wildman–Crippen MR) is 151 cm³/mol. The Morgan fingerprint density at radius 3 is 2.55 bits per heavy atom. The normalized spacial score (nSPS) is 12.8. The third-order valence-corrected chi connectivity index (χ3v) is 7.41. The second-order valence-corrected chi connectivity index (χ2v) is 10.6. The second kappa shape index (κ2) is 10.5. The van der Waals surface area contributed by atoms with Crippen LogP contribution in [0.2, 0.25) is 15.1 Å². The lowest BCUT2D eigenvalue weighted by atomic mass is 10.0. The number of halogens is 3.